The Hall–Kier alpha value is -7.40. The number of imidazole rings is 2. The molecule has 0 bridgehead atoms. The van der Waals surface area contributed by atoms with Gasteiger partial charge in [0.25, 0.3) is 0 Å². The van der Waals surface area contributed by atoms with E-state index in [0.717, 1.165) is 50.1 Å². The molecule has 2 aliphatic heterocycles. The number of nitrogens with zero attached hydrogens (tertiary/aromatic N) is 10. The maximum Gasteiger partial charge on any atom is 0.337 e. The number of hydrogen-bond acceptors (Lipinski definition) is 14. The predicted octanol–water partition coefficient (Wildman–Crippen LogP) is 9.69. The third kappa shape index (κ3) is 10.4. The number of nitrogen functional groups attached to an aromatic ring is 1. The summed E-state index contributed by atoms with van der Waals surface area (Å²) in [5, 5.41) is 12.6. The van der Waals surface area contributed by atoms with Gasteiger partial charge in [-0.15, -0.1) is 0 Å². The standard InChI is InChI=1S/C25H26N6O2.C14H10BrN3O2.C11H17N3/c1-16-10-11-17(2)31(16)23-9-5-8-22(28-23)27-21-15-20(29-30-13-12-26-24(21)30)18-6-4-7-19(14-18)25(32)33-3;1-20-14(19)10-4-2-3-9(7-10)12-8-11(15)13-16-5-6-18(13)17-12;1-8-6-7-9(2)14(8)11-5-3-4-10(12)13-11/h4-9,12-17H,10-11H2,1-3H3,(H,27,28);2-8H,1H3;3-5,8-9H,6-7H2,1-2H3,(H2,12,13). The van der Waals surface area contributed by atoms with Crippen molar-refractivity contribution in [3.63, 3.8) is 0 Å². The number of benzene rings is 2. The van der Waals surface area contributed by atoms with Crippen LogP contribution < -0.4 is 20.9 Å². The Balaban J connectivity index is 0.000000151. The monoisotopic (exact) mass is 964 g/mol. The minimum absolute atomic E-state index is 0.366. The second-order valence-electron chi connectivity index (χ2n) is 16.6. The molecule has 3 N–H and O–H groups in total. The van der Waals surface area contributed by atoms with Crippen LogP contribution in [0.25, 0.3) is 33.8 Å². The van der Waals surface area contributed by atoms with Crippen molar-refractivity contribution in [1.82, 2.24) is 39.2 Å². The highest BCUT2D eigenvalue weighted by molar-refractivity contribution is 9.10. The Kier molecular flexibility index (Phi) is 14.1. The molecule has 8 aromatic rings. The number of anilines is 5. The lowest BCUT2D eigenvalue weighted by Gasteiger charge is -2.27. The summed E-state index contributed by atoms with van der Waals surface area (Å²) in [5.74, 6) is 2.58. The Bertz CT molecular complexity index is 3010. The minimum Gasteiger partial charge on any atom is -0.465 e. The predicted molar refractivity (Wildman–Crippen MR) is 265 cm³/mol. The molecule has 0 spiro atoms. The molecule has 4 unspecified atom stereocenters. The maximum atomic E-state index is 12.0. The smallest absolute Gasteiger partial charge is 0.337 e. The first-order valence-electron chi connectivity index (χ1n) is 22.2. The van der Waals surface area contributed by atoms with Gasteiger partial charge in [0.2, 0.25) is 0 Å². The fraction of sp³-hybridized carbons (Fsp3) is 0.280. The van der Waals surface area contributed by atoms with Gasteiger partial charge in [0, 0.05) is 60.1 Å². The lowest BCUT2D eigenvalue weighted by molar-refractivity contribution is 0.0592. The Labute approximate surface area is 397 Å². The fourth-order valence-corrected chi connectivity index (χ4v) is 9.17. The molecule has 0 radical (unpaired) electrons. The molecular weight excluding hydrogens is 913 g/mol. The van der Waals surface area contributed by atoms with E-state index in [1.54, 1.807) is 64.2 Å². The van der Waals surface area contributed by atoms with Gasteiger partial charge >= 0.3 is 11.9 Å². The first-order valence-corrected chi connectivity index (χ1v) is 22.9. The summed E-state index contributed by atoms with van der Waals surface area (Å²) >= 11 is 3.47. The molecule has 0 aliphatic carbocycles. The zero-order valence-electron chi connectivity index (χ0n) is 38.2. The summed E-state index contributed by atoms with van der Waals surface area (Å²) in [7, 11) is 2.74. The zero-order chi connectivity index (χ0) is 47.2. The van der Waals surface area contributed by atoms with Gasteiger partial charge < -0.3 is 30.3 Å². The first kappa shape index (κ1) is 46.1. The van der Waals surface area contributed by atoms with Crippen LogP contribution in [-0.2, 0) is 9.47 Å². The van der Waals surface area contributed by atoms with Crippen molar-refractivity contribution in [3.8, 4) is 22.5 Å². The SMILES string of the molecule is CC1CCC(C)N1c1cccc(N)n1.COC(=O)c1cccc(-c2cc(Br)c3nccn3n2)c1.COC(=O)c1cccc(-c2cc(Nc3cccc(N4C(C)CCC4C)n3)c3nccn3n2)c1. The van der Waals surface area contributed by atoms with Crippen LogP contribution >= 0.6 is 15.9 Å². The number of methoxy groups -OCH3 is 2. The summed E-state index contributed by atoms with van der Waals surface area (Å²) in [6, 6.07) is 32.1. The average Bonchev–Trinajstić information content (AvgIpc) is 4.16. The van der Waals surface area contributed by atoms with E-state index in [9.17, 15) is 9.59 Å². The average molecular weight is 966 g/mol. The third-order valence-corrected chi connectivity index (χ3v) is 12.6. The number of aromatic nitrogens is 8. The second kappa shape index (κ2) is 20.4. The van der Waals surface area contributed by atoms with Crippen molar-refractivity contribution in [2.45, 2.75) is 77.5 Å². The lowest BCUT2D eigenvalue weighted by atomic mass is 10.1. The fourth-order valence-electron chi connectivity index (χ4n) is 8.67. The Morgan fingerprint density at radius 1 is 0.627 bits per heavy atom. The topological polar surface area (TPSA) is 183 Å². The van der Waals surface area contributed by atoms with Crippen LogP contribution in [0.1, 0.15) is 74.1 Å². The number of halogens is 1. The van der Waals surface area contributed by atoms with Gasteiger partial charge in [-0.05, 0) is 130 Å². The van der Waals surface area contributed by atoms with Gasteiger partial charge in [-0.3, -0.25) is 0 Å². The molecule has 4 atom stereocenters. The summed E-state index contributed by atoms with van der Waals surface area (Å²) < 4.78 is 13.8. The van der Waals surface area contributed by atoms with E-state index in [0.29, 0.717) is 52.5 Å². The molecule has 2 aromatic carbocycles. The second-order valence-corrected chi connectivity index (χ2v) is 17.5. The highest BCUT2D eigenvalue weighted by Gasteiger charge is 2.29. The molecular formula is C50H53BrN12O4. The van der Waals surface area contributed by atoms with E-state index >= 15 is 0 Å². The van der Waals surface area contributed by atoms with Crippen LogP contribution in [0.5, 0.6) is 0 Å². The Morgan fingerprint density at radius 3 is 1.64 bits per heavy atom. The zero-order valence-corrected chi connectivity index (χ0v) is 39.8. The van der Waals surface area contributed by atoms with Crippen molar-refractivity contribution in [1.29, 1.82) is 0 Å². The van der Waals surface area contributed by atoms with Crippen LogP contribution in [0.2, 0.25) is 0 Å². The number of fused-ring (bicyclic) bond motifs is 2. The van der Waals surface area contributed by atoms with E-state index in [-0.39, 0.29) is 11.9 Å². The van der Waals surface area contributed by atoms with Gasteiger partial charge in [-0.1, -0.05) is 36.4 Å². The van der Waals surface area contributed by atoms with E-state index in [2.05, 4.69) is 90.0 Å². The van der Waals surface area contributed by atoms with Gasteiger partial charge in [0.05, 0.1) is 46.9 Å². The number of nitrogens with two attached hydrogens (primary N) is 1. The summed E-state index contributed by atoms with van der Waals surface area (Å²) in [6.45, 7) is 8.98. The molecule has 6 aromatic heterocycles. The molecule has 10 rings (SSSR count). The molecule has 17 heteroatoms. The molecule has 2 saturated heterocycles. The number of pyridine rings is 2. The minimum atomic E-state index is -0.384. The van der Waals surface area contributed by atoms with Crippen LogP contribution in [0.15, 0.2) is 126 Å². The summed E-state index contributed by atoms with van der Waals surface area (Å²) in [5.41, 5.74) is 12.0. The van der Waals surface area contributed by atoms with Crippen molar-refractivity contribution in [2.75, 3.05) is 35.1 Å². The van der Waals surface area contributed by atoms with Gasteiger partial charge in [-0.25, -0.2) is 38.6 Å². The normalized spacial score (nSPS) is 17.7. The largest absolute Gasteiger partial charge is 0.465 e. The van der Waals surface area contributed by atoms with Crippen LogP contribution in [0.3, 0.4) is 0 Å². The molecule has 0 amide bonds. The Morgan fingerprint density at radius 2 is 1.10 bits per heavy atom. The molecule has 67 heavy (non-hydrogen) atoms. The van der Waals surface area contributed by atoms with E-state index < -0.39 is 0 Å². The molecule has 2 fully saturated rings. The summed E-state index contributed by atoms with van der Waals surface area (Å²) in [6.07, 6.45) is 11.8. The van der Waals surface area contributed by atoms with Crippen LogP contribution in [0.4, 0.5) is 29.0 Å². The number of hydrogen-bond donors (Lipinski definition) is 2. The van der Waals surface area contributed by atoms with Crippen molar-refractivity contribution in [3.05, 3.63) is 137 Å². The quantitative estimate of drug-likeness (QED) is 0.137. The molecule has 344 valence electrons. The summed E-state index contributed by atoms with van der Waals surface area (Å²) in [4.78, 5) is 46.2. The van der Waals surface area contributed by atoms with E-state index in [1.165, 1.54) is 39.9 Å². The lowest BCUT2D eigenvalue weighted by Crippen LogP contribution is -2.33. The number of nitrogens with one attached hydrogen (secondary N) is 1. The van der Waals surface area contributed by atoms with Crippen LogP contribution in [0, 0.1) is 0 Å². The van der Waals surface area contributed by atoms with E-state index in [4.69, 9.17) is 20.2 Å². The molecule has 16 nitrogen and oxygen atoms in total. The number of rotatable bonds is 8. The van der Waals surface area contributed by atoms with Gasteiger partial charge in [-0.2, -0.15) is 10.2 Å². The number of esters is 2. The number of ether oxygens (including phenoxy) is 2. The van der Waals surface area contributed by atoms with Crippen LogP contribution in [-0.4, -0.2) is 89.5 Å². The van der Waals surface area contributed by atoms with Crippen molar-refractivity contribution in [2.24, 2.45) is 0 Å². The number of carbonyl (C=O) groups is 2. The van der Waals surface area contributed by atoms with Crippen molar-refractivity contribution < 1.29 is 19.1 Å². The molecule has 2 aliphatic rings. The third-order valence-electron chi connectivity index (χ3n) is 12.0. The first-order chi connectivity index (χ1) is 32.4. The maximum absolute atomic E-state index is 12.0. The highest BCUT2D eigenvalue weighted by Crippen LogP contribution is 2.32. The molecule has 0 saturated carbocycles. The van der Waals surface area contributed by atoms with Gasteiger partial charge in [0.15, 0.2) is 11.3 Å². The molecule has 8 heterocycles. The number of carbonyl (C=O) groups excluding carboxylic acids is 2. The van der Waals surface area contributed by atoms with Gasteiger partial charge in [0.1, 0.15) is 23.3 Å². The van der Waals surface area contributed by atoms with Crippen molar-refractivity contribution >= 4 is 68.1 Å². The highest BCUT2D eigenvalue weighted by atomic mass is 79.9. The van der Waals surface area contributed by atoms with E-state index in [1.807, 2.05) is 60.7 Å².